The molecule has 2 fully saturated rings. The second kappa shape index (κ2) is 38.7. The number of nitrogens with one attached hydrogen (secondary N) is 2. The molecule has 0 radical (unpaired) electrons. The number of carbonyl (C=O) groups excluding carboxylic acids is 11. The van der Waals surface area contributed by atoms with Gasteiger partial charge in [-0.2, -0.15) is 0 Å². The zero-order valence-electron chi connectivity index (χ0n) is 42.0. The molecule has 1 aromatic carbocycles. The lowest BCUT2D eigenvalue weighted by Crippen LogP contribution is -2.38. The van der Waals surface area contributed by atoms with Gasteiger partial charge in [0.1, 0.15) is 40.5 Å². The second-order valence-corrected chi connectivity index (χ2v) is 21.9. The van der Waals surface area contributed by atoms with Crippen LogP contribution in [0.1, 0.15) is 93.2 Å². The van der Waals surface area contributed by atoms with E-state index >= 15 is 0 Å². The van der Waals surface area contributed by atoms with E-state index in [-0.39, 0.29) is 125 Å². The number of ketones is 7. The van der Waals surface area contributed by atoms with Gasteiger partial charge < -0.3 is 0 Å². The maximum Gasteiger partial charge on any atom is 0.243 e. The number of amides is 4. The zero-order valence-corrected chi connectivity index (χ0v) is 46.1. The molecule has 2 N–H and O–H groups in total. The summed E-state index contributed by atoms with van der Waals surface area (Å²) >= 11 is 4.03. The van der Waals surface area contributed by atoms with Crippen LogP contribution >= 0.6 is 56.9 Å². The third-order valence-electron chi connectivity index (χ3n) is 7.74. The van der Waals surface area contributed by atoms with Crippen molar-refractivity contribution >= 4 is 121 Å². The summed E-state index contributed by atoms with van der Waals surface area (Å²) in [6.07, 6.45) is 0.286. The molecule has 22 heteroatoms. The molecule has 2 heterocycles. The fraction of sp³-hybridized carbons (Fsp3) is 0.553. The van der Waals surface area contributed by atoms with Crippen molar-refractivity contribution in [1.29, 1.82) is 0 Å². The van der Waals surface area contributed by atoms with Crippen LogP contribution < -0.4 is 21.7 Å². The van der Waals surface area contributed by atoms with Crippen molar-refractivity contribution in [2.45, 2.75) is 106 Å². The van der Waals surface area contributed by atoms with Crippen molar-refractivity contribution in [3.05, 3.63) is 68.0 Å². The standard InChI is InChI=1S/C11H15NO3S.C10H13NO4S.C7H12OS2.C7H12OS.C6H12N2O2.C6H6O2/c1-7(2)5-12-10(14)4-9(11(12)15)16-6-8(3)13;1-6(12)4-11-9(14)3-8(10(11)15)16-5-7(2)13;1-6(2)4-9-10-5-7(3)8;1-6(2)4-9-5-7(3)8;1-5(9)3-7-8-4-6(2)10;1-3-4(2)6(8)5(3)7/h9H,1,4-6H2,2-3H3;8H,3-5H2,1-2H3;1,4-5H2,2-3H3;1,4-5H2,2-3H3;7-8H,3-4H2,1-2H3;1-2H3. The molecule has 0 bridgehead atoms. The van der Waals surface area contributed by atoms with E-state index in [4.69, 9.17) is 0 Å². The zero-order chi connectivity index (χ0) is 54.1. The van der Waals surface area contributed by atoms with Crippen LogP contribution in [-0.2, 0) is 52.7 Å². The van der Waals surface area contributed by atoms with Crippen LogP contribution in [0.4, 0.5) is 0 Å². The van der Waals surface area contributed by atoms with Gasteiger partial charge in [0.25, 0.3) is 0 Å². The average Bonchev–Trinajstić information content (AvgIpc) is 3.65. The Morgan fingerprint density at radius 2 is 0.812 bits per heavy atom. The van der Waals surface area contributed by atoms with Crippen molar-refractivity contribution in [3.63, 3.8) is 0 Å². The number of carbonyl (C=O) groups is 11. The molecular weight excluding hydrogens is 989 g/mol. The van der Waals surface area contributed by atoms with Crippen LogP contribution in [0.5, 0.6) is 0 Å². The number of hydrogen-bond donors (Lipinski definition) is 2. The normalized spacial score (nSPS) is 14.6. The molecule has 1 aromatic rings. The molecule has 2 aliphatic heterocycles. The first-order chi connectivity index (χ1) is 31.8. The molecule has 17 nitrogen and oxygen atoms in total. The lowest BCUT2D eigenvalue weighted by atomic mass is 10.1. The van der Waals surface area contributed by atoms with E-state index in [2.05, 4.69) is 30.6 Å². The third kappa shape index (κ3) is 36.5. The first kappa shape index (κ1) is 69.2. The van der Waals surface area contributed by atoms with E-state index in [0.717, 1.165) is 44.9 Å². The summed E-state index contributed by atoms with van der Waals surface area (Å²) in [5.74, 6) is 2.83. The largest absolute Gasteiger partial charge is 0.299 e. The van der Waals surface area contributed by atoms with Gasteiger partial charge in [0, 0.05) is 42.0 Å². The lowest BCUT2D eigenvalue weighted by molar-refractivity contribution is -0.141. The van der Waals surface area contributed by atoms with Crippen LogP contribution in [0.25, 0.3) is 0 Å². The van der Waals surface area contributed by atoms with E-state index in [0.29, 0.717) is 22.6 Å². The van der Waals surface area contributed by atoms with Crippen molar-refractivity contribution < 1.29 is 52.7 Å². The molecule has 2 aliphatic rings. The summed E-state index contributed by atoms with van der Waals surface area (Å²) in [6.45, 7) is 31.2. The smallest absolute Gasteiger partial charge is 0.243 e. The summed E-state index contributed by atoms with van der Waals surface area (Å²) in [4.78, 5) is 143. The lowest BCUT2D eigenvalue weighted by Gasteiger charge is -2.14. The van der Waals surface area contributed by atoms with Crippen molar-refractivity contribution in [3.8, 4) is 0 Å². The Kier molecular flexibility index (Phi) is 38.8. The summed E-state index contributed by atoms with van der Waals surface area (Å²) < 4.78 is 0. The molecule has 0 spiro atoms. The molecule has 4 amide bonds. The van der Waals surface area contributed by atoms with Gasteiger partial charge in [-0.3, -0.25) is 83.0 Å². The Morgan fingerprint density at radius 1 is 0.464 bits per heavy atom. The number of Topliss-reactive ketones (excluding diaryl/α,β-unsaturated/α-hetero) is 7. The minimum absolute atomic E-state index is 0.0172. The number of nitrogens with zero attached hydrogens (tertiary/aromatic N) is 2. The molecular formula is C47H70N4O13S5. The van der Waals surface area contributed by atoms with Gasteiger partial charge in [-0.25, -0.2) is 0 Å². The van der Waals surface area contributed by atoms with Gasteiger partial charge in [0.05, 0.1) is 53.1 Å². The molecule has 69 heavy (non-hydrogen) atoms. The van der Waals surface area contributed by atoms with Crippen LogP contribution in [0, 0.1) is 13.8 Å². The van der Waals surface area contributed by atoms with E-state index in [1.54, 1.807) is 68.0 Å². The summed E-state index contributed by atoms with van der Waals surface area (Å²) in [5.41, 5.74) is 8.85. The highest BCUT2D eigenvalue weighted by Gasteiger charge is 2.40. The fourth-order valence-corrected chi connectivity index (χ4v) is 9.26. The highest BCUT2D eigenvalue weighted by atomic mass is 33.1. The van der Waals surface area contributed by atoms with Crippen molar-refractivity contribution in [2.24, 2.45) is 0 Å². The SMILES string of the molecule is C=C(C)CN1C(=O)CC(SCC(C)=O)C1=O.C=C(C)CSCC(C)=O.C=C(C)CSSCC(C)=O.CC(=O)CNNCC(C)=O.CC(=O)CSC1CC(=O)N(CC(C)=O)C1=O.Cc1c(C)c(=O)c1=O. The predicted octanol–water partition coefficient (Wildman–Crippen LogP) is 4.61. The van der Waals surface area contributed by atoms with Gasteiger partial charge in [-0.1, -0.05) is 58.0 Å². The fourth-order valence-electron chi connectivity index (χ4n) is 4.46. The first-order valence-corrected chi connectivity index (χ1v) is 26.9. The second-order valence-electron chi connectivity index (χ2n) is 16.1. The number of hydrogen-bond acceptors (Lipinski definition) is 20. The maximum atomic E-state index is 11.8. The number of hydrazine groups is 1. The number of imide groups is 2. The Hall–Kier alpha value is -4.06. The topological polar surface area (TPSA) is 252 Å². The molecule has 386 valence electrons. The van der Waals surface area contributed by atoms with Gasteiger partial charge in [-0.05, 0) is 83.1 Å². The van der Waals surface area contributed by atoms with Crippen molar-refractivity contribution in [2.75, 3.05) is 60.7 Å². The average molecular weight is 1060 g/mol. The number of likely N-dealkylation sites (tertiary alicyclic amines) is 2. The van der Waals surface area contributed by atoms with Crippen LogP contribution in [0.15, 0.2) is 46.0 Å². The van der Waals surface area contributed by atoms with Gasteiger partial charge in [0.15, 0.2) is 0 Å². The maximum absolute atomic E-state index is 11.8. The van der Waals surface area contributed by atoms with Crippen molar-refractivity contribution in [1.82, 2.24) is 20.7 Å². The van der Waals surface area contributed by atoms with Crippen LogP contribution in [0.2, 0.25) is 0 Å². The molecule has 0 aromatic heterocycles. The minimum Gasteiger partial charge on any atom is -0.299 e. The quantitative estimate of drug-likeness (QED) is 0.0358. The van der Waals surface area contributed by atoms with E-state index in [1.165, 1.54) is 51.3 Å². The predicted molar refractivity (Wildman–Crippen MR) is 283 cm³/mol. The monoisotopic (exact) mass is 1060 g/mol. The van der Waals surface area contributed by atoms with Gasteiger partial charge >= 0.3 is 0 Å². The van der Waals surface area contributed by atoms with Crippen LogP contribution in [-0.4, -0.2) is 145 Å². The molecule has 2 saturated heterocycles. The Morgan fingerprint density at radius 3 is 1.10 bits per heavy atom. The molecule has 0 saturated carbocycles. The summed E-state index contributed by atoms with van der Waals surface area (Å²) in [6, 6.07) is 0. The van der Waals surface area contributed by atoms with Gasteiger partial charge in [0.2, 0.25) is 34.5 Å². The summed E-state index contributed by atoms with van der Waals surface area (Å²) in [5, 5.41) is -0.897. The summed E-state index contributed by atoms with van der Waals surface area (Å²) in [7, 11) is 3.28. The third-order valence-corrected chi connectivity index (χ3v) is 14.2. The van der Waals surface area contributed by atoms with E-state index in [1.807, 2.05) is 13.8 Å². The Balaban J connectivity index is -0.000000774. The number of thioether (sulfide) groups is 3. The highest BCUT2D eigenvalue weighted by Crippen LogP contribution is 2.26. The van der Waals surface area contributed by atoms with Gasteiger partial charge in [-0.15, -0.1) is 35.3 Å². The molecule has 0 aliphatic carbocycles. The molecule has 2 atom stereocenters. The van der Waals surface area contributed by atoms with E-state index in [9.17, 15) is 62.3 Å². The highest BCUT2D eigenvalue weighted by molar-refractivity contribution is 8.76. The minimum atomic E-state index is -0.504. The Labute approximate surface area is 427 Å². The molecule has 3 rings (SSSR count). The Bertz CT molecular complexity index is 1920. The van der Waals surface area contributed by atoms with E-state index < -0.39 is 10.5 Å². The first-order valence-electron chi connectivity index (χ1n) is 21.2. The van der Waals surface area contributed by atoms with Crippen LogP contribution in [0.3, 0.4) is 0 Å². The number of rotatable bonds is 24. The molecule has 2 unspecified atom stereocenters.